The predicted octanol–water partition coefficient (Wildman–Crippen LogP) is 3.40. The molecule has 0 radical (unpaired) electrons. The summed E-state index contributed by atoms with van der Waals surface area (Å²) in [4.78, 5) is 42.1. The number of hydrogen-bond donors (Lipinski definition) is 1. The highest BCUT2D eigenvalue weighted by molar-refractivity contribution is 5.92. The molecule has 1 aliphatic rings. The van der Waals surface area contributed by atoms with E-state index in [9.17, 15) is 14.4 Å². The van der Waals surface area contributed by atoms with Crippen molar-refractivity contribution in [1.29, 1.82) is 0 Å². The van der Waals surface area contributed by atoms with Gasteiger partial charge >= 0.3 is 6.16 Å². The Kier molecular flexibility index (Phi) is 6.90. The van der Waals surface area contributed by atoms with Gasteiger partial charge in [0.1, 0.15) is 5.65 Å². The summed E-state index contributed by atoms with van der Waals surface area (Å²) in [6.07, 6.45) is 8.06. The van der Waals surface area contributed by atoms with Crippen LogP contribution in [-0.4, -0.2) is 45.0 Å². The molecule has 1 amide bonds. The zero-order valence-corrected chi connectivity index (χ0v) is 20.5. The molecule has 186 valence electrons. The van der Waals surface area contributed by atoms with Gasteiger partial charge in [-0.05, 0) is 43.4 Å². The SMILES string of the molecule is CNC(=O)c1nn(CC2(n3cc(C)c4cccnc43)CCCC2)cc(OC(=O)OCC(C)C)c1=O. The van der Waals surface area contributed by atoms with E-state index < -0.39 is 17.5 Å². The number of pyridine rings is 1. The lowest BCUT2D eigenvalue weighted by Gasteiger charge is -2.32. The highest BCUT2D eigenvalue weighted by Gasteiger charge is 2.38. The van der Waals surface area contributed by atoms with Crippen molar-refractivity contribution in [3.05, 3.63) is 52.2 Å². The third-order valence-electron chi connectivity index (χ3n) is 6.37. The number of nitrogens with one attached hydrogen (secondary N) is 1. The van der Waals surface area contributed by atoms with E-state index in [0.717, 1.165) is 42.3 Å². The number of fused-ring (bicyclic) bond motifs is 1. The molecule has 1 fully saturated rings. The molecule has 0 atom stereocenters. The number of nitrogens with zero attached hydrogens (tertiary/aromatic N) is 4. The van der Waals surface area contributed by atoms with Crippen LogP contribution in [0.4, 0.5) is 4.79 Å². The van der Waals surface area contributed by atoms with Crippen LogP contribution >= 0.6 is 0 Å². The fourth-order valence-electron chi connectivity index (χ4n) is 4.68. The summed E-state index contributed by atoms with van der Waals surface area (Å²) in [5.74, 6) is -0.852. The maximum atomic E-state index is 12.9. The summed E-state index contributed by atoms with van der Waals surface area (Å²) in [6, 6.07) is 3.97. The highest BCUT2D eigenvalue weighted by Crippen LogP contribution is 2.40. The first-order valence-electron chi connectivity index (χ1n) is 11.9. The van der Waals surface area contributed by atoms with Gasteiger partial charge in [0.25, 0.3) is 11.3 Å². The van der Waals surface area contributed by atoms with Crippen LogP contribution in [0.1, 0.15) is 55.6 Å². The summed E-state index contributed by atoms with van der Waals surface area (Å²) in [5, 5.41) is 7.84. The second-order valence-corrected chi connectivity index (χ2v) is 9.49. The number of carbonyl (C=O) groups excluding carboxylic acids is 2. The standard InChI is InChI=1S/C25H31N5O5/c1-16(2)14-34-24(33)35-19-13-29(28-20(21(19)31)23(32)26-4)15-25(9-5-6-10-25)30-12-17(3)18-8-7-11-27-22(18)30/h7-8,11-13,16H,5-6,9-10,14-15H2,1-4H3,(H,26,32). The molecule has 0 aromatic carbocycles. The number of aryl methyl sites for hydroxylation is 1. The van der Waals surface area contributed by atoms with Crippen molar-refractivity contribution in [2.75, 3.05) is 13.7 Å². The topological polar surface area (TPSA) is 117 Å². The second kappa shape index (κ2) is 9.89. The Hall–Kier alpha value is -3.69. The molecule has 3 heterocycles. The molecule has 0 bridgehead atoms. The summed E-state index contributed by atoms with van der Waals surface area (Å²) in [5.41, 5.74) is 0.523. The lowest BCUT2D eigenvalue weighted by molar-refractivity contribution is 0.0868. The van der Waals surface area contributed by atoms with E-state index in [0.29, 0.717) is 6.54 Å². The van der Waals surface area contributed by atoms with E-state index >= 15 is 0 Å². The molecule has 10 nitrogen and oxygen atoms in total. The zero-order valence-electron chi connectivity index (χ0n) is 20.5. The molecular weight excluding hydrogens is 450 g/mol. The Balaban J connectivity index is 1.75. The fourth-order valence-corrected chi connectivity index (χ4v) is 4.68. The van der Waals surface area contributed by atoms with Gasteiger partial charge < -0.3 is 19.4 Å². The Morgan fingerprint density at radius 3 is 2.66 bits per heavy atom. The Bertz CT molecular complexity index is 1300. The van der Waals surface area contributed by atoms with Crippen LogP contribution < -0.4 is 15.5 Å². The summed E-state index contributed by atoms with van der Waals surface area (Å²) < 4.78 is 14.0. The van der Waals surface area contributed by atoms with Gasteiger partial charge in [-0.15, -0.1) is 0 Å². The van der Waals surface area contributed by atoms with Gasteiger partial charge in [0.05, 0.1) is 24.9 Å². The van der Waals surface area contributed by atoms with Crippen LogP contribution in [0, 0.1) is 12.8 Å². The maximum absolute atomic E-state index is 12.9. The minimum absolute atomic E-state index is 0.105. The molecule has 1 N–H and O–H groups in total. The summed E-state index contributed by atoms with van der Waals surface area (Å²) in [7, 11) is 1.41. The van der Waals surface area contributed by atoms with Crippen molar-refractivity contribution >= 4 is 23.1 Å². The normalized spacial score (nSPS) is 14.9. The van der Waals surface area contributed by atoms with Gasteiger partial charge in [-0.1, -0.05) is 26.7 Å². The van der Waals surface area contributed by atoms with E-state index in [1.807, 2.05) is 26.0 Å². The molecule has 1 aliphatic carbocycles. The molecule has 3 aromatic heterocycles. The summed E-state index contributed by atoms with van der Waals surface area (Å²) >= 11 is 0. The van der Waals surface area contributed by atoms with Gasteiger partial charge in [-0.3, -0.25) is 14.3 Å². The van der Waals surface area contributed by atoms with Crippen LogP contribution in [0.3, 0.4) is 0 Å². The first-order valence-corrected chi connectivity index (χ1v) is 11.9. The monoisotopic (exact) mass is 481 g/mol. The zero-order chi connectivity index (χ0) is 25.2. The number of hydrogen-bond acceptors (Lipinski definition) is 7. The average Bonchev–Trinajstić information content (AvgIpc) is 3.44. The summed E-state index contributed by atoms with van der Waals surface area (Å²) in [6.45, 7) is 6.35. The average molecular weight is 482 g/mol. The van der Waals surface area contributed by atoms with E-state index in [4.69, 9.17) is 9.47 Å². The Morgan fingerprint density at radius 1 is 1.23 bits per heavy atom. The third kappa shape index (κ3) is 4.91. The van der Waals surface area contributed by atoms with Crippen LogP contribution in [0.2, 0.25) is 0 Å². The van der Waals surface area contributed by atoms with Gasteiger partial charge in [0, 0.05) is 24.8 Å². The minimum Gasteiger partial charge on any atom is -0.434 e. The lowest BCUT2D eigenvalue weighted by Crippen LogP contribution is -2.38. The van der Waals surface area contributed by atoms with Crippen molar-refractivity contribution in [3.8, 4) is 5.75 Å². The molecule has 0 saturated heterocycles. The van der Waals surface area contributed by atoms with Crippen LogP contribution in [0.25, 0.3) is 11.0 Å². The minimum atomic E-state index is -0.997. The molecule has 0 unspecified atom stereocenters. The van der Waals surface area contributed by atoms with Crippen LogP contribution in [0.15, 0.2) is 35.5 Å². The smallest absolute Gasteiger partial charge is 0.434 e. The first-order chi connectivity index (χ1) is 16.7. The number of ether oxygens (including phenoxy) is 2. The van der Waals surface area contributed by atoms with Gasteiger partial charge in [-0.2, -0.15) is 5.10 Å². The Labute approximate surface area is 203 Å². The van der Waals surface area contributed by atoms with E-state index in [-0.39, 0.29) is 29.5 Å². The van der Waals surface area contributed by atoms with Crippen molar-refractivity contribution in [1.82, 2.24) is 24.6 Å². The molecule has 0 aliphatic heterocycles. The van der Waals surface area contributed by atoms with E-state index in [2.05, 4.69) is 33.1 Å². The molecule has 35 heavy (non-hydrogen) atoms. The van der Waals surface area contributed by atoms with Crippen molar-refractivity contribution in [3.63, 3.8) is 0 Å². The number of rotatable bonds is 7. The van der Waals surface area contributed by atoms with Crippen LogP contribution in [0.5, 0.6) is 5.75 Å². The van der Waals surface area contributed by atoms with E-state index in [1.54, 1.807) is 6.20 Å². The maximum Gasteiger partial charge on any atom is 0.514 e. The number of aromatic nitrogens is 4. The molecule has 3 aromatic rings. The second-order valence-electron chi connectivity index (χ2n) is 9.49. The molecule has 4 rings (SSSR count). The lowest BCUT2D eigenvalue weighted by atomic mass is 9.97. The number of amides is 1. The van der Waals surface area contributed by atoms with Gasteiger partial charge in [0.15, 0.2) is 5.69 Å². The first kappa shape index (κ1) is 24.4. The van der Waals surface area contributed by atoms with Crippen LogP contribution in [-0.2, 0) is 16.8 Å². The fraction of sp³-hybridized carbons (Fsp3) is 0.480. The van der Waals surface area contributed by atoms with E-state index in [1.165, 1.54) is 17.9 Å². The highest BCUT2D eigenvalue weighted by atomic mass is 16.7. The van der Waals surface area contributed by atoms with Crippen molar-refractivity contribution in [2.45, 2.75) is 58.5 Å². The third-order valence-corrected chi connectivity index (χ3v) is 6.37. The quantitative estimate of drug-likeness (QED) is 0.514. The van der Waals surface area contributed by atoms with Crippen molar-refractivity contribution < 1.29 is 19.1 Å². The van der Waals surface area contributed by atoms with Gasteiger partial charge in [0.2, 0.25) is 5.75 Å². The predicted molar refractivity (Wildman–Crippen MR) is 130 cm³/mol. The molecule has 0 spiro atoms. The molecular formula is C25H31N5O5. The molecule has 10 heteroatoms. The largest absolute Gasteiger partial charge is 0.514 e. The van der Waals surface area contributed by atoms with Gasteiger partial charge in [-0.25, -0.2) is 9.78 Å². The number of carbonyl (C=O) groups is 2. The van der Waals surface area contributed by atoms with Crippen molar-refractivity contribution in [2.24, 2.45) is 5.92 Å². The Morgan fingerprint density at radius 2 is 1.97 bits per heavy atom. The molecule has 1 saturated carbocycles.